The van der Waals surface area contributed by atoms with Crippen molar-refractivity contribution in [1.29, 1.82) is 0 Å². The Morgan fingerprint density at radius 1 is 1.19 bits per heavy atom. The predicted octanol–water partition coefficient (Wildman–Crippen LogP) is 3.03. The molecule has 1 fully saturated rings. The first-order valence-electron chi connectivity index (χ1n) is 9.39. The summed E-state index contributed by atoms with van der Waals surface area (Å²) in [7, 11) is 1.83. The molecule has 1 N–H and O–H groups in total. The lowest BCUT2D eigenvalue weighted by atomic mass is 9.96. The average Bonchev–Trinajstić information content (AvgIpc) is 2.73. The number of rotatable bonds is 5. The van der Waals surface area contributed by atoms with Gasteiger partial charge in [0.15, 0.2) is 0 Å². The maximum Gasteiger partial charge on any atom is 0.321 e. The number of amides is 3. The fraction of sp³-hybridized carbons (Fsp3) is 0.381. The van der Waals surface area contributed by atoms with Gasteiger partial charge in [-0.05, 0) is 37.1 Å². The van der Waals surface area contributed by atoms with Crippen molar-refractivity contribution in [2.45, 2.75) is 19.3 Å². The molecule has 0 saturated carbocycles. The fourth-order valence-corrected chi connectivity index (χ4v) is 3.34. The van der Waals surface area contributed by atoms with Crippen LogP contribution < -0.4 is 5.32 Å². The van der Waals surface area contributed by atoms with Crippen molar-refractivity contribution in [3.63, 3.8) is 0 Å². The molecule has 27 heavy (non-hydrogen) atoms. The number of carbonyl (C=O) groups is 2. The highest BCUT2D eigenvalue weighted by molar-refractivity contribution is 5.90. The van der Waals surface area contributed by atoms with Gasteiger partial charge in [0.1, 0.15) is 0 Å². The monoisotopic (exact) mass is 366 g/mol. The summed E-state index contributed by atoms with van der Waals surface area (Å²) in [5, 5.41) is 2.90. The van der Waals surface area contributed by atoms with E-state index in [4.69, 9.17) is 0 Å². The zero-order valence-corrected chi connectivity index (χ0v) is 15.7. The number of carbonyl (C=O) groups excluding carboxylic acids is 2. The molecule has 0 radical (unpaired) electrons. The Morgan fingerprint density at radius 2 is 1.96 bits per heavy atom. The van der Waals surface area contributed by atoms with E-state index in [0.29, 0.717) is 19.6 Å². The van der Waals surface area contributed by atoms with Gasteiger partial charge in [-0.1, -0.05) is 24.3 Å². The van der Waals surface area contributed by atoms with Crippen molar-refractivity contribution in [2.75, 3.05) is 32.0 Å². The molecule has 142 valence electrons. The van der Waals surface area contributed by atoms with Gasteiger partial charge in [0.2, 0.25) is 5.91 Å². The molecule has 1 atom stereocenters. The van der Waals surface area contributed by atoms with E-state index < -0.39 is 0 Å². The van der Waals surface area contributed by atoms with Gasteiger partial charge in [0, 0.05) is 50.7 Å². The van der Waals surface area contributed by atoms with Crippen LogP contribution in [0.15, 0.2) is 54.7 Å². The standard InChI is InChI=1S/C21H26N4O2/c1-24(15-12-18-9-5-6-13-22-18)20(26)17-8-7-14-25(16-17)21(27)23-19-10-3-2-4-11-19/h2-6,9-11,13,17H,7-8,12,14-16H2,1H3,(H,23,27). The van der Waals surface area contributed by atoms with Crippen LogP contribution in [0.3, 0.4) is 0 Å². The quantitative estimate of drug-likeness (QED) is 0.885. The number of pyridine rings is 1. The van der Waals surface area contributed by atoms with Gasteiger partial charge < -0.3 is 15.1 Å². The van der Waals surface area contributed by atoms with Gasteiger partial charge in [-0.2, -0.15) is 0 Å². The summed E-state index contributed by atoms with van der Waals surface area (Å²) in [6, 6.07) is 15.1. The summed E-state index contributed by atoms with van der Waals surface area (Å²) >= 11 is 0. The molecule has 2 aromatic rings. The molecule has 0 bridgehead atoms. The number of piperidine rings is 1. The summed E-state index contributed by atoms with van der Waals surface area (Å²) in [5.74, 6) is -0.0443. The van der Waals surface area contributed by atoms with Gasteiger partial charge in [-0.15, -0.1) is 0 Å². The highest BCUT2D eigenvalue weighted by atomic mass is 16.2. The summed E-state index contributed by atoms with van der Waals surface area (Å²) < 4.78 is 0. The number of aromatic nitrogens is 1. The molecule has 0 aliphatic carbocycles. The van der Waals surface area contributed by atoms with Crippen LogP contribution in [0, 0.1) is 5.92 Å². The molecule has 2 heterocycles. The third kappa shape index (κ3) is 5.29. The lowest BCUT2D eigenvalue weighted by molar-refractivity contribution is -0.135. The molecule has 1 aliphatic rings. The number of hydrogen-bond acceptors (Lipinski definition) is 3. The second-order valence-electron chi connectivity index (χ2n) is 6.91. The van der Waals surface area contributed by atoms with Crippen LogP contribution in [-0.4, -0.2) is 53.4 Å². The highest BCUT2D eigenvalue weighted by Gasteiger charge is 2.30. The predicted molar refractivity (Wildman–Crippen MR) is 105 cm³/mol. The van der Waals surface area contributed by atoms with Gasteiger partial charge in [0.05, 0.1) is 5.92 Å². The maximum absolute atomic E-state index is 12.8. The second-order valence-corrected chi connectivity index (χ2v) is 6.91. The van der Waals surface area contributed by atoms with E-state index in [1.807, 2.05) is 55.6 Å². The van der Waals surface area contributed by atoms with E-state index in [0.717, 1.165) is 30.6 Å². The average molecular weight is 366 g/mol. The Bertz CT molecular complexity index is 751. The number of nitrogens with zero attached hydrogens (tertiary/aromatic N) is 3. The fourth-order valence-electron chi connectivity index (χ4n) is 3.34. The molecule has 1 aromatic heterocycles. The smallest absolute Gasteiger partial charge is 0.321 e. The molecule has 1 aromatic carbocycles. The Hall–Kier alpha value is -2.89. The topological polar surface area (TPSA) is 65.5 Å². The SMILES string of the molecule is CN(CCc1ccccn1)C(=O)C1CCCN(C(=O)Nc2ccccc2)C1. The van der Waals surface area contributed by atoms with Gasteiger partial charge in [-0.25, -0.2) is 4.79 Å². The minimum atomic E-state index is -0.144. The molecule has 0 spiro atoms. The lowest BCUT2D eigenvalue weighted by Gasteiger charge is -2.34. The lowest BCUT2D eigenvalue weighted by Crippen LogP contribution is -2.47. The first kappa shape index (κ1) is 18.9. The Kier molecular flexibility index (Phi) is 6.41. The molecule has 1 unspecified atom stereocenters. The van der Waals surface area contributed by atoms with Crippen LogP contribution in [0.4, 0.5) is 10.5 Å². The molecular weight excluding hydrogens is 340 g/mol. The van der Waals surface area contributed by atoms with Crippen molar-refractivity contribution in [3.05, 3.63) is 60.4 Å². The molecular formula is C21H26N4O2. The van der Waals surface area contributed by atoms with Crippen LogP contribution in [-0.2, 0) is 11.2 Å². The van der Waals surface area contributed by atoms with Crippen molar-refractivity contribution in [1.82, 2.24) is 14.8 Å². The zero-order valence-electron chi connectivity index (χ0n) is 15.7. The maximum atomic E-state index is 12.8. The molecule has 6 nitrogen and oxygen atoms in total. The first-order chi connectivity index (χ1) is 13.1. The first-order valence-corrected chi connectivity index (χ1v) is 9.39. The summed E-state index contributed by atoms with van der Waals surface area (Å²) in [6.45, 7) is 1.77. The Balaban J connectivity index is 1.51. The van der Waals surface area contributed by atoms with Crippen molar-refractivity contribution < 1.29 is 9.59 Å². The number of likely N-dealkylation sites (tertiary alicyclic amines) is 1. The number of para-hydroxylation sites is 1. The number of urea groups is 1. The third-order valence-electron chi connectivity index (χ3n) is 4.89. The van der Waals surface area contributed by atoms with Gasteiger partial charge in [-0.3, -0.25) is 9.78 Å². The number of benzene rings is 1. The molecule has 6 heteroatoms. The van der Waals surface area contributed by atoms with E-state index >= 15 is 0 Å². The number of likely N-dealkylation sites (N-methyl/N-ethyl adjacent to an activating group) is 1. The molecule has 3 amide bonds. The van der Waals surface area contributed by atoms with E-state index in [-0.39, 0.29) is 17.9 Å². The van der Waals surface area contributed by atoms with Crippen molar-refractivity contribution in [3.8, 4) is 0 Å². The number of nitrogens with one attached hydrogen (secondary N) is 1. The van der Waals surface area contributed by atoms with Crippen LogP contribution >= 0.6 is 0 Å². The van der Waals surface area contributed by atoms with Crippen LogP contribution in [0.1, 0.15) is 18.5 Å². The third-order valence-corrected chi connectivity index (χ3v) is 4.89. The largest absolute Gasteiger partial charge is 0.345 e. The number of hydrogen-bond donors (Lipinski definition) is 1. The summed E-state index contributed by atoms with van der Waals surface area (Å²) in [4.78, 5) is 33.1. The zero-order chi connectivity index (χ0) is 19.1. The van der Waals surface area contributed by atoms with Crippen molar-refractivity contribution in [2.24, 2.45) is 5.92 Å². The van der Waals surface area contributed by atoms with Gasteiger partial charge >= 0.3 is 6.03 Å². The molecule has 3 rings (SSSR count). The van der Waals surface area contributed by atoms with E-state index in [1.54, 1.807) is 16.0 Å². The van der Waals surface area contributed by atoms with Gasteiger partial charge in [0.25, 0.3) is 0 Å². The van der Waals surface area contributed by atoms with Crippen LogP contribution in [0.25, 0.3) is 0 Å². The Labute approximate surface area is 160 Å². The van der Waals surface area contributed by atoms with E-state index in [2.05, 4.69) is 10.3 Å². The minimum absolute atomic E-state index is 0.100. The van der Waals surface area contributed by atoms with Crippen LogP contribution in [0.2, 0.25) is 0 Å². The Morgan fingerprint density at radius 3 is 2.70 bits per heavy atom. The van der Waals surface area contributed by atoms with Crippen molar-refractivity contribution >= 4 is 17.6 Å². The summed E-state index contributed by atoms with van der Waals surface area (Å²) in [5.41, 5.74) is 1.74. The van der Waals surface area contributed by atoms with Crippen LogP contribution in [0.5, 0.6) is 0 Å². The highest BCUT2D eigenvalue weighted by Crippen LogP contribution is 2.20. The molecule has 1 saturated heterocycles. The van der Waals surface area contributed by atoms with E-state index in [9.17, 15) is 9.59 Å². The van der Waals surface area contributed by atoms with E-state index in [1.165, 1.54) is 0 Å². The summed E-state index contributed by atoms with van der Waals surface area (Å²) in [6.07, 6.45) is 4.16. The normalized spacial score (nSPS) is 16.6. The molecule has 1 aliphatic heterocycles. The second kappa shape index (κ2) is 9.16. The number of anilines is 1. The minimum Gasteiger partial charge on any atom is -0.345 e.